The average molecular weight is 526 g/mol. The summed E-state index contributed by atoms with van der Waals surface area (Å²) < 4.78 is 43.0. The Kier molecular flexibility index (Phi) is 9.32. The van der Waals surface area contributed by atoms with Gasteiger partial charge in [-0.05, 0) is 49.4 Å². The zero-order chi connectivity index (χ0) is 20.0. The summed E-state index contributed by atoms with van der Waals surface area (Å²) in [6, 6.07) is 6.31. The van der Waals surface area contributed by atoms with Gasteiger partial charge in [0, 0.05) is 32.6 Å². The van der Waals surface area contributed by atoms with Crippen molar-refractivity contribution in [2.45, 2.75) is 32.4 Å². The minimum Gasteiger partial charge on any atom is -0.493 e. The van der Waals surface area contributed by atoms with Gasteiger partial charge in [0.15, 0.2) is 5.96 Å². The molecular weight excluding hydrogens is 496 g/mol. The van der Waals surface area contributed by atoms with Gasteiger partial charge in [0.25, 0.3) is 0 Å². The number of benzene rings is 1. The molecule has 1 aromatic carbocycles. The van der Waals surface area contributed by atoms with Crippen LogP contribution in [0.2, 0.25) is 0 Å². The number of guanidine groups is 1. The van der Waals surface area contributed by atoms with Crippen molar-refractivity contribution in [3.05, 3.63) is 29.3 Å². The first-order valence-electron chi connectivity index (χ1n) is 9.99. The molecule has 2 aliphatic heterocycles. The highest BCUT2D eigenvalue weighted by Gasteiger charge is 2.34. The Morgan fingerprint density at radius 3 is 2.90 bits per heavy atom. The maximum Gasteiger partial charge on any atom is 0.401 e. The molecule has 0 radical (unpaired) electrons. The van der Waals surface area contributed by atoms with Gasteiger partial charge in [-0.15, -0.1) is 24.0 Å². The van der Waals surface area contributed by atoms with Crippen LogP contribution >= 0.6 is 24.0 Å². The van der Waals surface area contributed by atoms with E-state index in [9.17, 15) is 13.2 Å². The van der Waals surface area contributed by atoms with Crippen LogP contribution in [0.3, 0.4) is 0 Å². The smallest absolute Gasteiger partial charge is 0.401 e. The topological polar surface area (TPSA) is 48.9 Å². The van der Waals surface area contributed by atoms with Crippen molar-refractivity contribution >= 4 is 29.9 Å². The van der Waals surface area contributed by atoms with Gasteiger partial charge in [-0.1, -0.05) is 12.1 Å². The normalized spacial score (nSPS) is 19.4. The van der Waals surface area contributed by atoms with E-state index in [0.717, 1.165) is 50.7 Å². The number of halogens is 4. The van der Waals surface area contributed by atoms with Crippen molar-refractivity contribution in [3.63, 3.8) is 0 Å². The standard InChI is InChI=1S/C20H29F3N4O.HI/c1-2-24-19(26-12-16-6-9-27(13-16)14-20(21,22)23)25-8-5-15-3-4-18-17(11-15)7-10-28-18;/h3-4,11,16H,2,5-10,12-14H2,1H3,(H2,24,25,26);1H. The summed E-state index contributed by atoms with van der Waals surface area (Å²) in [4.78, 5) is 6.05. The quantitative estimate of drug-likeness (QED) is 0.326. The zero-order valence-corrected chi connectivity index (χ0v) is 19.1. The van der Waals surface area contributed by atoms with Gasteiger partial charge < -0.3 is 15.4 Å². The van der Waals surface area contributed by atoms with Crippen molar-refractivity contribution in [2.24, 2.45) is 10.9 Å². The summed E-state index contributed by atoms with van der Waals surface area (Å²) in [5.74, 6) is 1.89. The van der Waals surface area contributed by atoms with E-state index in [2.05, 4.69) is 27.8 Å². The Labute approximate surface area is 187 Å². The van der Waals surface area contributed by atoms with Crippen LogP contribution in [-0.2, 0) is 12.8 Å². The number of likely N-dealkylation sites (tertiary alicyclic amines) is 1. The van der Waals surface area contributed by atoms with E-state index in [-0.39, 0.29) is 29.9 Å². The van der Waals surface area contributed by atoms with Gasteiger partial charge in [-0.25, -0.2) is 0 Å². The van der Waals surface area contributed by atoms with Crippen LogP contribution in [0.25, 0.3) is 0 Å². The number of hydrogen-bond acceptors (Lipinski definition) is 3. The molecule has 0 bridgehead atoms. The number of alkyl halides is 3. The number of rotatable bonds is 7. The third-order valence-corrected chi connectivity index (χ3v) is 5.08. The molecule has 0 amide bonds. The highest BCUT2D eigenvalue weighted by Crippen LogP contribution is 2.26. The minimum absolute atomic E-state index is 0. The van der Waals surface area contributed by atoms with Gasteiger partial charge in [-0.3, -0.25) is 9.89 Å². The Morgan fingerprint density at radius 2 is 2.14 bits per heavy atom. The van der Waals surface area contributed by atoms with Gasteiger partial charge in [0.2, 0.25) is 0 Å². The second-order valence-corrected chi connectivity index (χ2v) is 7.44. The summed E-state index contributed by atoms with van der Waals surface area (Å²) in [5.41, 5.74) is 2.52. The first-order chi connectivity index (χ1) is 13.4. The first-order valence-corrected chi connectivity index (χ1v) is 9.99. The van der Waals surface area contributed by atoms with E-state index in [1.165, 1.54) is 16.0 Å². The summed E-state index contributed by atoms with van der Waals surface area (Å²) >= 11 is 0. The van der Waals surface area contributed by atoms with E-state index in [0.29, 0.717) is 19.6 Å². The summed E-state index contributed by atoms with van der Waals surface area (Å²) in [6.07, 6.45) is -1.53. The second kappa shape index (κ2) is 11.2. The lowest BCUT2D eigenvalue weighted by Gasteiger charge is -2.17. The third kappa shape index (κ3) is 7.84. The number of fused-ring (bicyclic) bond motifs is 1. The minimum atomic E-state index is -4.13. The predicted octanol–water partition coefficient (Wildman–Crippen LogP) is 3.22. The molecule has 5 nitrogen and oxygen atoms in total. The Balaban J connectivity index is 0.00000300. The van der Waals surface area contributed by atoms with Crippen LogP contribution in [0.4, 0.5) is 13.2 Å². The number of hydrogen-bond donors (Lipinski definition) is 2. The molecule has 3 rings (SSSR count). The Morgan fingerprint density at radius 1 is 1.31 bits per heavy atom. The van der Waals surface area contributed by atoms with Crippen LogP contribution in [0.5, 0.6) is 5.75 Å². The maximum atomic E-state index is 12.5. The zero-order valence-electron chi connectivity index (χ0n) is 16.7. The number of ether oxygens (including phenoxy) is 1. The van der Waals surface area contributed by atoms with Crippen LogP contribution in [0.15, 0.2) is 23.2 Å². The summed E-state index contributed by atoms with van der Waals surface area (Å²) in [7, 11) is 0. The number of nitrogens with zero attached hydrogens (tertiary/aromatic N) is 2. The Hall–Kier alpha value is -1.23. The molecule has 29 heavy (non-hydrogen) atoms. The molecule has 1 aromatic rings. The van der Waals surface area contributed by atoms with Crippen LogP contribution in [-0.4, -0.2) is 62.9 Å². The molecule has 0 aromatic heterocycles. The molecule has 9 heteroatoms. The fourth-order valence-corrected chi connectivity index (χ4v) is 3.74. The molecule has 0 aliphatic carbocycles. The molecule has 0 saturated carbocycles. The lowest BCUT2D eigenvalue weighted by molar-refractivity contribution is -0.143. The van der Waals surface area contributed by atoms with Gasteiger partial charge in [-0.2, -0.15) is 13.2 Å². The molecule has 1 atom stereocenters. The molecule has 1 unspecified atom stereocenters. The predicted molar refractivity (Wildman–Crippen MR) is 119 cm³/mol. The van der Waals surface area contributed by atoms with Crippen LogP contribution in [0.1, 0.15) is 24.5 Å². The van der Waals surface area contributed by atoms with E-state index < -0.39 is 12.7 Å². The van der Waals surface area contributed by atoms with Crippen molar-refractivity contribution in [1.82, 2.24) is 15.5 Å². The molecular formula is C20H30F3IN4O. The number of nitrogens with one attached hydrogen (secondary N) is 2. The lowest BCUT2D eigenvalue weighted by atomic mass is 10.1. The maximum absolute atomic E-state index is 12.5. The molecule has 2 aliphatic rings. The Bertz CT molecular complexity index is 684. The lowest BCUT2D eigenvalue weighted by Crippen LogP contribution is -2.38. The van der Waals surface area contributed by atoms with Gasteiger partial charge in [0.05, 0.1) is 13.2 Å². The van der Waals surface area contributed by atoms with Gasteiger partial charge in [0.1, 0.15) is 5.75 Å². The van der Waals surface area contributed by atoms with E-state index in [4.69, 9.17) is 4.74 Å². The largest absolute Gasteiger partial charge is 0.493 e. The highest BCUT2D eigenvalue weighted by molar-refractivity contribution is 14.0. The molecule has 1 fully saturated rings. The number of aliphatic imine (C=N–C) groups is 1. The third-order valence-electron chi connectivity index (χ3n) is 5.08. The molecule has 2 N–H and O–H groups in total. The van der Waals surface area contributed by atoms with E-state index in [1.807, 2.05) is 13.0 Å². The molecule has 1 saturated heterocycles. The van der Waals surface area contributed by atoms with Crippen molar-refractivity contribution in [1.29, 1.82) is 0 Å². The first kappa shape index (κ1) is 24.0. The van der Waals surface area contributed by atoms with E-state index >= 15 is 0 Å². The van der Waals surface area contributed by atoms with Crippen molar-refractivity contribution in [2.75, 3.05) is 45.9 Å². The van der Waals surface area contributed by atoms with Crippen LogP contribution < -0.4 is 15.4 Å². The summed E-state index contributed by atoms with van der Waals surface area (Å²) in [6.45, 7) is 4.92. The van der Waals surface area contributed by atoms with Gasteiger partial charge >= 0.3 is 6.18 Å². The van der Waals surface area contributed by atoms with Crippen molar-refractivity contribution in [3.8, 4) is 5.75 Å². The molecule has 0 spiro atoms. The average Bonchev–Trinajstić information content (AvgIpc) is 3.27. The highest BCUT2D eigenvalue weighted by atomic mass is 127. The fourth-order valence-electron chi connectivity index (χ4n) is 3.74. The molecule has 164 valence electrons. The molecule has 2 heterocycles. The van der Waals surface area contributed by atoms with Crippen molar-refractivity contribution < 1.29 is 17.9 Å². The van der Waals surface area contributed by atoms with E-state index in [1.54, 1.807) is 0 Å². The van der Waals surface area contributed by atoms with Crippen LogP contribution in [0, 0.1) is 5.92 Å². The summed E-state index contributed by atoms with van der Waals surface area (Å²) in [5, 5.41) is 6.53. The monoisotopic (exact) mass is 526 g/mol. The fraction of sp³-hybridized carbons (Fsp3) is 0.650. The SMILES string of the molecule is CCNC(=NCC1CCN(CC(F)(F)F)C1)NCCc1ccc2c(c1)CCO2.I. The second-order valence-electron chi connectivity index (χ2n) is 7.44.